The molecule has 1 N–H and O–H groups in total. The van der Waals surface area contributed by atoms with Crippen LogP contribution in [-0.4, -0.2) is 0 Å². The van der Waals surface area contributed by atoms with Gasteiger partial charge in [0.2, 0.25) is 0 Å². The number of hydrogen-bond donors (Lipinski definition) is 1. The standard InChI is InChI=1S/C16H13Br2ClN2/c1-2-16(10-20,11-4-3-5-12(17)8-11)21-13-6-7-15(19)14(18)9-13/h3-9,21H,2H2,1H3. The van der Waals surface area contributed by atoms with Crippen molar-refractivity contribution < 1.29 is 0 Å². The molecule has 2 aromatic rings. The number of nitriles is 1. The molecule has 0 heterocycles. The third kappa shape index (κ3) is 3.60. The lowest BCUT2D eigenvalue weighted by Gasteiger charge is -2.28. The number of nitrogens with zero attached hydrogens (tertiary/aromatic N) is 1. The number of benzene rings is 2. The van der Waals surface area contributed by atoms with Crippen LogP contribution in [0.2, 0.25) is 5.02 Å². The van der Waals surface area contributed by atoms with Crippen molar-refractivity contribution in [2.45, 2.75) is 18.9 Å². The summed E-state index contributed by atoms with van der Waals surface area (Å²) in [5, 5.41) is 13.7. The Morgan fingerprint density at radius 2 is 2.00 bits per heavy atom. The highest BCUT2D eigenvalue weighted by molar-refractivity contribution is 9.10. The molecule has 0 radical (unpaired) electrons. The summed E-state index contributed by atoms with van der Waals surface area (Å²) < 4.78 is 1.75. The largest absolute Gasteiger partial charge is 0.364 e. The number of nitrogens with one attached hydrogen (secondary N) is 1. The second-order valence-corrected chi connectivity index (χ2v) is 6.81. The van der Waals surface area contributed by atoms with E-state index in [9.17, 15) is 5.26 Å². The quantitative estimate of drug-likeness (QED) is 0.638. The van der Waals surface area contributed by atoms with E-state index in [0.717, 1.165) is 20.2 Å². The summed E-state index contributed by atoms with van der Waals surface area (Å²) in [6.45, 7) is 1.99. The summed E-state index contributed by atoms with van der Waals surface area (Å²) in [5.41, 5.74) is 0.986. The molecule has 21 heavy (non-hydrogen) atoms. The molecule has 0 aliphatic rings. The van der Waals surface area contributed by atoms with Crippen LogP contribution in [0.3, 0.4) is 0 Å². The Morgan fingerprint density at radius 1 is 1.24 bits per heavy atom. The maximum absolute atomic E-state index is 9.74. The van der Waals surface area contributed by atoms with Gasteiger partial charge in [-0.05, 0) is 58.2 Å². The van der Waals surface area contributed by atoms with E-state index >= 15 is 0 Å². The van der Waals surface area contributed by atoms with Crippen LogP contribution in [0, 0.1) is 11.3 Å². The molecule has 2 aromatic carbocycles. The Balaban J connectivity index is 2.43. The first-order chi connectivity index (χ1) is 10.0. The van der Waals surface area contributed by atoms with E-state index in [1.165, 1.54) is 0 Å². The molecule has 0 aliphatic heterocycles. The summed E-state index contributed by atoms with van der Waals surface area (Å²) in [6.07, 6.45) is 0.639. The zero-order valence-corrected chi connectivity index (χ0v) is 15.3. The molecule has 0 amide bonds. The molecule has 0 aromatic heterocycles. The molecular weight excluding hydrogens is 415 g/mol. The minimum Gasteiger partial charge on any atom is -0.364 e. The highest BCUT2D eigenvalue weighted by Crippen LogP contribution is 2.33. The predicted octanol–water partition coefficient (Wildman–Crippen LogP) is 6.11. The average molecular weight is 429 g/mol. The van der Waals surface area contributed by atoms with Gasteiger partial charge in [0, 0.05) is 14.6 Å². The van der Waals surface area contributed by atoms with E-state index < -0.39 is 5.54 Å². The molecule has 0 saturated carbocycles. The number of rotatable bonds is 4. The van der Waals surface area contributed by atoms with Crippen LogP contribution in [0.15, 0.2) is 51.4 Å². The maximum atomic E-state index is 9.74. The fraction of sp³-hybridized carbons (Fsp3) is 0.188. The van der Waals surface area contributed by atoms with Gasteiger partial charge in [0.05, 0.1) is 11.1 Å². The molecule has 0 aliphatic carbocycles. The number of hydrogen-bond acceptors (Lipinski definition) is 2. The Bertz CT molecular complexity index is 697. The first-order valence-corrected chi connectivity index (χ1v) is 8.37. The lowest BCUT2D eigenvalue weighted by Crippen LogP contribution is -2.33. The fourth-order valence-corrected chi connectivity index (χ4v) is 3.01. The van der Waals surface area contributed by atoms with Crippen LogP contribution in [0.25, 0.3) is 0 Å². The molecule has 0 bridgehead atoms. The summed E-state index contributed by atoms with van der Waals surface area (Å²) in [5.74, 6) is 0. The van der Waals surface area contributed by atoms with E-state index in [4.69, 9.17) is 11.6 Å². The van der Waals surface area contributed by atoms with Crippen LogP contribution in [-0.2, 0) is 5.54 Å². The van der Waals surface area contributed by atoms with Crippen LogP contribution < -0.4 is 5.32 Å². The minimum absolute atomic E-state index is 0.639. The second kappa shape index (κ2) is 6.83. The zero-order valence-electron chi connectivity index (χ0n) is 11.3. The van der Waals surface area contributed by atoms with Crippen LogP contribution in [0.1, 0.15) is 18.9 Å². The van der Waals surface area contributed by atoms with Gasteiger partial charge in [-0.25, -0.2) is 0 Å². The molecule has 2 nitrogen and oxygen atoms in total. The fourth-order valence-electron chi connectivity index (χ4n) is 2.11. The lowest BCUT2D eigenvalue weighted by molar-refractivity contribution is 0.604. The second-order valence-electron chi connectivity index (χ2n) is 4.63. The molecule has 0 fully saturated rings. The minimum atomic E-state index is -0.781. The molecule has 0 spiro atoms. The van der Waals surface area contributed by atoms with Crippen molar-refractivity contribution in [1.82, 2.24) is 0 Å². The number of halogens is 3. The molecule has 108 valence electrons. The lowest BCUT2D eigenvalue weighted by atomic mass is 9.88. The summed E-state index contributed by atoms with van der Waals surface area (Å²) in [6, 6.07) is 15.7. The van der Waals surface area contributed by atoms with Crippen LogP contribution >= 0.6 is 43.5 Å². The van der Waals surface area contributed by atoms with Crippen molar-refractivity contribution in [2.75, 3.05) is 5.32 Å². The maximum Gasteiger partial charge on any atom is 0.150 e. The monoisotopic (exact) mass is 426 g/mol. The zero-order chi connectivity index (χ0) is 15.5. The van der Waals surface area contributed by atoms with Crippen molar-refractivity contribution in [2.24, 2.45) is 0 Å². The Kier molecular flexibility index (Phi) is 5.32. The van der Waals surface area contributed by atoms with Crippen molar-refractivity contribution >= 4 is 49.1 Å². The Hall–Kier alpha value is -1.02. The van der Waals surface area contributed by atoms with E-state index in [0.29, 0.717) is 11.4 Å². The highest BCUT2D eigenvalue weighted by Gasteiger charge is 2.30. The molecule has 0 saturated heterocycles. The molecule has 2 rings (SSSR count). The van der Waals surface area contributed by atoms with Gasteiger partial charge in [0.25, 0.3) is 0 Å². The molecule has 5 heteroatoms. The van der Waals surface area contributed by atoms with Gasteiger partial charge in [-0.2, -0.15) is 5.26 Å². The normalized spacial score (nSPS) is 13.3. The van der Waals surface area contributed by atoms with E-state index in [1.54, 1.807) is 6.07 Å². The van der Waals surface area contributed by atoms with Gasteiger partial charge in [0.15, 0.2) is 5.54 Å². The van der Waals surface area contributed by atoms with Gasteiger partial charge >= 0.3 is 0 Å². The number of anilines is 1. The van der Waals surface area contributed by atoms with Crippen molar-refractivity contribution in [1.29, 1.82) is 5.26 Å². The van der Waals surface area contributed by atoms with Crippen LogP contribution in [0.4, 0.5) is 5.69 Å². The topological polar surface area (TPSA) is 35.8 Å². The Morgan fingerprint density at radius 3 is 2.57 bits per heavy atom. The highest BCUT2D eigenvalue weighted by atomic mass is 79.9. The molecule has 1 unspecified atom stereocenters. The van der Waals surface area contributed by atoms with Crippen molar-refractivity contribution in [3.8, 4) is 6.07 Å². The van der Waals surface area contributed by atoms with E-state index in [2.05, 4.69) is 43.2 Å². The summed E-state index contributed by atoms with van der Waals surface area (Å²) >= 11 is 12.9. The SMILES string of the molecule is CCC(C#N)(Nc1ccc(Cl)c(Br)c1)c1cccc(Br)c1. The van der Waals surface area contributed by atoms with Gasteiger partial charge in [-0.1, -0.05) is 46.6 Å². The first kappa shape index (κ1) is 16.4. The third-order valence-corrected chi connectivity index (χ3v) is 5.02. The van der Waals surface area contributed by atoms with E-state index in [-0.39, 0.29) is 0 Å². The molecular formula is C16H13Br2ClN2. The summed E-state index contributed by atoms with van der Waals surface area (Å²) in [7, 11) is 0. The smallest absolute Gasteiger partial charge is 0.150 e. The molecule has 1 atom stereocenters. The first-order valence-electron chi connectivity index (χ1n) is 6.41. The van der Waals surface area contributed by atoms with E-state index in [1.807, 2.05) is 43.3 Å². The average Bonchev–Trinajstić information content (AvgIpc) is 2.48. The Labute approximate surface area is 146 Å². The van der Waals surface area contributed by atoms with Crippen molar-refractivity contribution in [3.05, 3.63) is 62.0 Å². The summed E-state index contributed by atoms with van der Waals surface area (Å²) in [4.78, 5) is 0. The van der Waals surface area contributed by atoms with Gasteiger partial charge < -0.3 is 5.32 Å². The van der Waals surface area contributed by atoms with Gasteiger partial charge in [-0.15, -0.1) is 0 Å². The van der Waals surface area contributed by atoms with Crippen molar-refractivity contribution in [3.63, 3.8) is 0 Å². The third-order valence-electron chi connectivity index (χ3n) is 3.32. The van der Waals surface area contributed by atoms with Gasteiger partial charge in [-0.3, -0.25) is 0 Å². The van der Waals surface area contributed by atoms with Gasteiger partial charge in [0.1, 0.15) is 0 Å². The van der Waals surface area contributed by atoms with Crippen LogP contribution in [0.5, 0.6) is 0 Å². The predicted molar refractivity (Wildman–Crippen MR) is 94.5 cm³/mol.